The van der Waals surface area contributed by atoms with Gasteiger partial charge in [0.2, 0.25) is 0 Å². The summed E-state index contributed by atoms with van der Waals surface area (Å²) in [5, 5.41) is 16.0. The molecule has 2 aromatic rings. The lowest BCUT2D eigenvalue weighted by Gasteiger charge is -2.04. The van der Waals surface area contributed by atoms with Crippen molar-refractivity contribution in [1.29, 1.82) is 0 Å². The van der Waals surface area contributed by atoms with Gasteiger partial charge in [-0.25, -0.2) is 9.48 Å². The molecule has 1 N–H and O–H groups in total. The quantitative estimate of drug-likeness (QED) is 0.598. The molecule has 0 aliphatic rings. The molecule has 1 heterocycles. The predicted molar refractivity (Wildman–Crippen MR) is 53.3 cm³/mol. The molecule has 0 bridgehead atoms. The summed E-state index contributed by atoms with van der Waals surface area (Å²) in [4.78, 5) is 22.0. The fourth-order valence-electron chi connectivity index (χ4n) is 1.32. The van der Waals surface area contributed by atoms with Crippen LogP contribution in [-0.4, -0.2) is 31.9 Å². The van der Waals surface area contributed by atoms with Gasteiger partial charge in [0, 0.05) is 0 Å². The number of aliphatic carboxylic acids is 1. The fourth-order valence-corrected chi connectivity index (χ4v) is 1.32. The first-order chi connectivity index (χ1) is 7.70. The lowest BCUT2D eigenvalue weighted by Crippen LogP contribution is -2.15. The van der Waals surface area contributed by atoms with Crippen molar-refractivity contribution in [1.82, 2.24) is 15.0 Å². The maximum Gasteiger partial charge on any atom is 0.377 e. The summed E-state index contributed by atoms with van der Waals surface area (Å²) in [7, 11) is 0. The van der Waals surface area contributed by atoms with Crippen molar-refractivity contribution < 1.29 is 14.7 Å². The molecule has 0 aliphatic carbocycles. The molecule has 16 heavy (non-hydrogen) atoms. The van der Waals surface area contributed by atoms with E-state index in [1.54, 1.807) is 18.2 Å². The fraction of sp³-hybridized carbons (Fsp3) is 0. The third-order valence-electron chi connectivity index (χ3n) is 2.01. The van der Waals surface area contributed by atoms with Crippen molar-refractivity contribution in [2.24, 2.45) is 0 Å². The van der Waals surface area contributed by atoms with Gasteiger partial charge in [0.25, 0.3) is 5.78 Å². The van der Waals surface area contributed by atoms with Crippen molar-refractivity contribution in [2.45, 2.75) is 0 Å². The van der Waals surface area contributed by atoms with E-state index in [0.717, 1.165) is 0 Å². The molecule has 0 radical (unpaired) electrons. The summed E-state index contributed by atoms with van der Waals surface area (Å²) in [5.74, 6) is -2.46. The molecule has 2 rings (SSSR count). The Kier molecular flexibility index (Phi) is 2.47. The maximum absolute atomic E-state index is 11.4. The Hall–Kier alpha value is -2.50. The molecular weight excluding hydrogens is 210 g/mol. The molecule has 0 aliphatic heterocycles. The van der Waals surface area contributed by atoms with Crippen molar-refractivity contribution >= 4 is 11.8 Å². The molecule has 0 saturated carbocycles. The molecule has 1 aromatic heterocycles. The zero-order valence-corrected chi connectivity index (χ0v) is 8.07. The summed E-state index contributed by atoms with van der Waals surface area (Å²) in [5.41, 5.74) is 0.480. The maximum atomic E-state index is 11.4. The van der Waals surface area contributed by atoms with Gasteiger partial charge in [-0.05, 0) is 12.1 Å². The second kappa shape index (κ2) is 3.93. The number of hydrogen-bond donors (Lipinski definition) is 1. The van der Waals surface area contributed by atoms with Gasteiger partial charge in [-0.15, -0.1) is 5.10 Å². The number of benzene rings is 1. The SMILES string of the molecule is O=C(O)C(=O)c1ccccc1-n1ccnn1. The highest BCUT2D eigenvalue weighted by molar-refractivity contribution is 6.40. The van der Waals surface area contributed by atoms with Gasteiger partial charge in [-0.2, -0.15) is 0 Å². The highest BCUT2D eigenvalue weighted by Gasteiger charge is 2.18. The number of nitrogens with zero attached hydrogens (tertiary/aromatic N) is 3. The lowest BCUT2D eigenvalue weighted by molar-refractivity contribution is -0.131. The Bertz CT molecular complexity index is 534. The topological polar surface area (TPSA) is 85.1 Å². The first-order valence-electron chi connectivity index (χ1n) is 4.43. The van der Waals surface area contributed by atoms with Gasteiger partial charge in [-0.3, -0.25) is 4.79 Å². The molecule has 1 aromatic carbocycles. The highest BCUT2D eigenvalue weighted by Crippen LogP contribution is 2.13. The van der Waals surface area contributed by atoms with E-state index in [1.807, 2.05) is 0 Å². The minimum atomic E-state index is -1.49. The number of hydrogen-bond acceptors (Lipinski definition) is 4. The van der Waals surface area contributed by atoms with Gasteiger partial charge in [0.05, 0.1) is 23.6 Å². The molecule has 0 saturated heterocycles. The molecular formula is C10H7N3O3. The van der Waals surface area contributed by atoms with Crippen LogP contribution in [0.3, 0.4) is 0 Å². The van der Waals surface area contributed by atoms with Gasteiger partial charge < -0.3 is 5.11 Å². The van der Waals surface area contributed by atoms with Crippen molar-refractivity contribution in [3.8, 4) is 5.69 Å². The van der Waals surface area contributed by atoms with Crippen LogP contribution in [0, 0.1) is 0 Å². The smallest absolute Gasteiger partial charge is 0.377 e. The summed E-state index contributed by atoms with van der Waals surface area (Å²) in [6.07, 6.45) is 2.98. The lowest BCUT2D eigenvalue weighted by atomic mass is 10.1. The van der Waals surface area contributed by atoms with Crippen LogP contribution < -0.4 is 0 Å². The normalized spacial score (nSPS) is 10.0. The number of carboxylic acids is 1. The van der Waals surface area contributed by atoms with Crippen LogP contribution in [0.25, 0.3) is 5.69 Å². The monoisotopic (exact) mass is 217 g/mol. The van der Waals surface area contributed by atoms with Crippen molar-refractivity contribution in [2.75, 3.05) is 0 Å². The van der Waals surface area contributed by atoms with Crippen LogP contribution in [0.2, 0.25) is 0 Å². The van der Waals surface area contributed by atoms with Crippen molar-refractivity contribution in [3.63, 3.8) is 0 Å². The minimum Gasteiger partial charge on any atom is -0.475 e. The van der Waals surface area contributed by atoms with Gasteiger partial charge in [-0.1, -0.05) is 17.3 Å². The van der Waals surface area contributed by atoms with E-state index in [1.165, 1.54) is 23.1 Å². The highest BCUT2D eigenvalue weighted by atomic mass is 16.4. The zero-order chi connectivity index (χ0) is 11.5. The summed E-state index contributed by atoms with van der Waals surface area (Å²) in [6, 6.07) is 6.32. The van der Waals surface area contributed by atoms with E-state index >= 15 is 0 Å². The summed E-state index contributed by atoms with van der Waals surface area (Å²) < 4.78 is 1.34. The van der Waals surface area contributed by atoms with Crippen LogP contribution >= 0.6 is 0 Å². The Morgan fingerprint density at radius 2 is 2.00 bits per heavy atom. The number of carbonyl (C=O) groups is 2. The van der Waals surface area contributed by atoms with Crippen molar-refractivity contribution in [3.05, 3.63) is 42.2 Å². The average Bonchev–Trinajstić information content (AvgIpc) is 2.81. The number of ketones is 1. The molecule has 80 valence electrons. The molecule has 0 unspecified atom stereocenters. The van der Waals surface area contributed by atoms with E-state index < -0.39 is 11.8 Å². The molecule has 0 fully saturated rings. The Morgan fingerprint density at radius 3 is 2.62 bits per heavy atom. The van der Waals surface area contributed by atoms with E-state index in [0.29, 0.717) is 5.69 Å². The number of para-hydroxylation sites is 1. The summed E-state index contributed by atoms with van der Waals surface area (Å²) >= 11 is 0. The van der Waals surface area contributed by atoms with Crippen LogP contribution in [0.1, 0.15) is 10.4 Å². The first-order valence-corrected chi connectivity index (χ1v) is 4.43. The van der Waals surface area contributed by atoms with Crippen LogP contribution in [-0.2, 0) is 4.79 Å². The third kappa shape index (κ3) is 1.68. The van der Waals surface area contributed by atoms with E-state index in [9.17, 15) is 9.59 Å². The number of Topliss-reactive ketones (excluding diaryl/α,β-unsaturated/α-hetero) is 1. The van der Waals surface area contributed by atoms with Crippen LogP contribution in [0.15, 0.2) is 36.7 Å². The van der Waals surface area contributed by atoms with Crippen LogP contribution in [0.5, 0.6) is 0 Å². The van der Waals surface area contributed by atoms with Gasteiger partial charge >= 0.3 is 5.97 Å². The van der Waals surface area contributed by atoms with E-state index in [2.05, 4.69) is 10.3 Å². The first kappa shape index (κ1) is 10.0. The van der Waals surface area contributed by atoms with Gasteiger partial charge in [0.1, 0.15) is 0 Å². The molecule has 0 spiro atoms. The Balaban J connectivity index is 2.55. The largest absolute Gasteiger partial charge is 0.475 e. The average molecular weight is 217 g/mol. The van der Waals surface area contributed by atoms with Gasteiger partial charge in [0.15, 0.2) is 0 Å². The predicted octanol–water partition coefficient (Wildman–Crippen LogP) is 0.535. The number of rotatable bonds is 3. The van der Waals surface area contributed by atoms with Crippen LogP contribution in [0.4, 0.5) is 0 Å². The second-order valence-electron chi connectivity index (χ2n) is 3.00. The number of carboxylic acid groups (broad SMARTS) is 1. The standard InChI is InChI=1S/C10H7N3O3/c14-9(10(15)16)7-3-1-2-4-8(7)13-6-5-11-12-13/h1-6H,(H,15,16). The number of carbonyl (C=O) groups excluding carboxylic acids is 1. The number of aromatic nitrogens is 3. The molecule has 0 amide bonds. The van der Waals surface area contributed by atoms with E-state index in [-0.39, 0.29) is 5.56 Å². The second-order valence-corrected chi connectivity index (χ2v) is 3.00. The Morgan fingerprint density at radius 1 is 1.25 bits per heavy atom. The summed E-state index contributed by atoms with van der Waals surface area (Å²) in [6.45, 7) is 0. The zero-order valence-electron chi connectivity index (χ0n) is 8.07. The minimum absolute atomic E-state index is 0.0838. The molecule has 0 atom stereocenters. The Labute approximate surface area is 90.1 Å². The molecule has 6 heteroatoms. The third-order valence-corrected chi connectivity index (χ3v) is 2.01. The van der Waals surface area contributed by atoms with E-state index in [4.69, 9.17) is 5.11 Å². The molecule has 6 nitrogen and oxygen atoms in total.